The van der Waals surface area contributed by atoms with Crippen molar-refractivity contribution in [2.75, 3.05) is 0 Å². The fraction of sp³-hybridized carbons (Fsp3) is 0.455. The minimum absolute atomic E-state index is 0.986. The van der Waals surface area contributed by atoms with Crippen LogP contribution >= 0.6 is 0 Å². The van der Waals surface area contributed by atoms with Crippen LogP contribution in [0.1, 0.15) is 32.1 Å². The summed E-state index contributed by atoms with van der Waals surface area (Å²) in [6, 6.07) is 0. The zero-order valence-electron chi connectivity index (χ0n) is 6.92. The lowest BCUT2D eigenvalue weighted by molar-refractivity contribution is 1.01. The van der Waals surface area contributed by atoms with E-state index in [9.17, 15) is 0 Å². The smallest absolute Gasteiger partial charge is 0.00979 e. The highest BCUT2D eigenvalue weighted by atomic mass is 13.9. The van der Waals surface area contributed by atoms with Crippen molar-refractivity contribution in [1.82, 2.24) is 0 Å². The molecule has 0 bridgehead atoms. The van der Waals surface area contributed by atoms with Gasteiger partial charge in [0.15, 0.2) is 0 Å². The van der Waals surface area contributed by atoms with Gasteiger partial charge in [0.05, 0.1) is 0 Å². The molecule has 0 amide bonds. The summed E-state index contributed by atoms with van der Waals surface area (Å²) in [6.07, 6.45) is 20.0. The normalized spacial score (nSPS) is 28.4. The summed E-state index contributed by atoms with van der Waals surface area (Å²) in [5.74, 6) is 0. The summed E-state index contributed by atoms with van der Waals surface area (Å²) in [7, 11) is 0. The van der Waals surface area contributed by atoms with Crippen LogP contribution in [0.5, 0.6) is 0 Å². The van der Waals surface area contributed by atoms with E-state index in [0.29, 0.717) is 0 Å². The van der Waals surface area contributed by atoms with Crippen LogP contribution < -0.4 is 0 Å². The quantitative estimate of drug-likeness (QED) is 0.460. The zero-order valence-corrected chi connectivity index (χ0v) is 6.92. The summed E-state index contributed by atoms with van der Waals surface area (Å²) in [4.78, 5) is 0. The van der Waals surface area contributed by atoms with Crippen molar-refractivity contribution >= 4 is 0 Å². The lowest BCUT2D eigenvalue weighted by Gasteiger charge is -1.85. The molecule has 1 aliphatic rings. The van der Waals surface area contributed by atoms with Crippen LogP contribution in [0.25, 0.3) is 0 Å². The van der Waals surface area contributed by atoms with Gasteiger partial charge in [-0.25, -0.2) is 0 Å². The SMILES string of the molecule is [C]1=C\CC/C=C\CC/C=C/C/1. The molecule has 0 heterocycles. The first-order valence-electron chi connectivity index (χ1n) is 4.35. The average Bonchev–Trinajstić information content (AvgIpc) is 2.08. The van der Waals surface area contributed by atoms with Crippen molar-refractivity contribution in [2.45, 2.75) is 32.1 Å². The van der Waals surface area contributed by atoms with E-state index in [4.69, 9.17) is 0 Å². The topological polar surface area (TPSA) is 0 Å². The Morgan fingerprint density at radius 1 is 0.727 bits per heavy atom. The Morgan fingerprint density at radius 3 is 2.18 bits per heavy atom. The third-order valence-corrected chi connectivity index (χ3v) is 1.69. The van der Waals surface area contributed by atoms with Crippen molar-refractivity contribution in [3.8, 4) is 0 Å². The first-order valence-corrected chi connectivity index (χ1v) is 4.35. The van der Waals surface area contributed by atoms with E-state index in [1.807, 2.05) is 0 Å². The Kier molecular flexibility index (Phi) is 4.51. The number of rotatable bonds is 0. The maximum Gasteiger partial charge on any atom is -0.00979 e. The molecular weight excluding hydrogens is 132 g/mol. The third-order valence-electron chi connectivity index (χ3n) is 1.69. The van der Waals surface area contributed by atoms with E-state index < -0.39 is 0 Å². The summed E-state index contributed by atoms with van der Waals surface area (Å²) in [5, 5.41) is 0. The first-order chi connectivity index (χ1) is 5.50. The molecule has 0 saturated carbocycles. The molecule has 0 aromatic heterocycles. The molecule has 0 N–H and O–H groups in total. The molecule has 0 aromatic carbocycles. The zero-order chi connectivity index (χ0) is 7.78. The van der Waals surface area contributed by atoms with Crippen LogP contribution in [0.2, 0.25) is 0 Å². The molecule has 0 saturated heterocycles. The largest absolute Gasteiger partial charge is 0.0882 e. The summed E-state index contributed by atoms with van der Waals surface area (Å²) in [5.41, 5.74) is 0. The Balaban J connectivity index is 2.34. The van der Waals surface area contributed by atoms with Gasteiger partial charge in [-0.3, -0.25) is 0 Å². The Morgan fingerprint density at radius 2 is 1.36 bits per heavy atom. The van der Waals surface area contributed by atoms with Gasteiger partial charge in [-0.05, 0) is 38.2 Å². The molecule has 0 fully saturated rings. The number of hydrogen-bond acceptors (Lipinski definition) is 0. The minimum atomic E-state index is 0.986. The van der Waals surface area contributed by atoms with Crippen molar-refractivity contribution in [2.24, 2.45) is 0 Å². The van der Waals surface area contributed by atoms with E-state index in [0.717, 1.165) is 12.8 Å². The fourth-order valence-corrected chi connectivity index (χ4v) is 1.06. The molecule has 1 rings (SSSR count). The van der Waals surface area contributed by atoms with Crippen LogP contribution in [-0.2, 0) is 0 Å². The molecular formula is C11H15. The van der Waals surface area contributed by atoms with Crippen LogP contribution in [0.3, 0.4) is 0 Å². The predicted molar refractivity (Wildman–Crippen MR) is 49.2 cm³/mol. The molecule has 0 spiro atoms. The maximum absolute atomic E-state index is 3.24. The van der Waals surface area contributed by atoms with Crippen LogP contribution in [-0.4, -0.2) is 0 Å². The van der Waals surface area contributed by atoms with Gasteiger partial charge in [0.25, 0.3) is 0 Å². The van der Waals surface area contributed by atoms with Gasteiger partial charge in [0.1, 0.15) is 0 Å². The van der Waals surface area contributed by atoms with E-state index in [-0.39, 0.29) is 0 Å². The highest BCUT2D eigenvalue weighted by molar-refractivity contribution is 4.93. The van der Waals surface area contributed by atoms with Gasteiger partial charge in [0.2, 0.25) is 0 Å². The summed E-state index contributed by atoms with van der Waals surface area (Å²) < 4.78 is 0. The second-order valence-corrected chi connectivity index (χ2v) is 2.71. The molecule has 0 aromatic rings. The maximum atomic E-state index is 3.24. The minimum Gasteiger partial charge on any atom is -0.0882 e. The second kappa shape index (κ2) is 5.96. The Hall–Kier alpha value is -0.780. The number of allylic oxidation sites excluding steroid dienone is 6. The van der Waals surface area contributed by atoms with Crippen molar-refractivity contribution in [3.05, 3.63) is 36.5 Å². The van der Waals surface area contributed by atoms with Crippen molar-refractivity contribution in [3.63, 3.8) is 0 Å². The number of hydrogen-bond donors (Lipinski definition) is 0. The molecule has 0 unspecified atom stereocenters. The Bertz CT molecular complexity index is 143. The first kappa shape index (κ1) is 8.32. The van der Waals surface area contributed by atoms with Crippen molar-refractivity contribution < 1.29 is 0 Å². The lowest BCUT2D eigenvalue weighted by Crippen LogP contribution is -1.65. The van der Waals surface area contributed by atoms with Gasteiger partial charge in [-0.15, -0.1) is 0 Å². The molecule has 0 atom stereocenters. The molecule has 0 aliphatic heterocycles. The predicted octanol–water partition coefficient (Wildman–Crippen LogP) is 3.42. The van der Waals surface area contributed by atoms with Crippen LogP contribution in [0, 0.1) is 6.08 Å². The Labute approximate surface area is 69.3 Å². The van der Waals surface area contributed by atoms with Gasteiger partial charge >= 0.3 is 0 Å². The van der Waals surface area contributed by atoms with Gasteiger partial charge in [-0.1, -0.05) is 30.4 Å². The molecule has 59 valence electrons. The second-order valence-electron chi connectivity index (χ2n) is 2.71. The average molecular weight is 147 g/mol. The van der Waals surface area contributed by atoms with Crippen LogP contribution in [0.4, 0.5) is 0 Å². The molecule has 1 radical (unpaired) electrons. The lowest BCUT2D eigenvalue weighted by atomic mass is 10.2. The van der Waals surface area contributed by atoms with E-state index in [2.05, 4.69) is 36.5 Å². The summed E-state index contributed by atoms with van der Waals surface area (Å²) in [6.45, 7) is 0. The van der Waals surface area contributed by atoms with Gasteiger partial charge < -0.3 is 0 Å². The highest BCUT2D eigenvalue weighted by Crippen LogP contribution is 2.00. The standard InChI is InChI=1S/C11H15/c1-2-4-6-8-10-11-9-7-5-3-1/h1-2,7-9H,3-6,11H2/b2-1-,9-7+,10-8?. The van der Waals surface area contributed by atoms with Gasteiger partial charge in [0, 0.05) is 0 Å². The van der Waals surface area contributed by atoms with Crippen molar-refractivity contribution in [1.29, 1.82) is 0 Å². The fourth-order valence-electron chi connectivity index (χ4n) is 1.06. The monoisotopic (exact) mass is 147 g/mol. The molecule has 0 nitrogen and oxygen atoms in total. The third kappa shape index (κ3) is 4.60. The molecule has 11 heavy (non-hydrogen) atoms. The molecule has 0 heteroatoms. The van der Waals surface area contributed by atoms with E-state index in [1.54, 1.807) is 0 Å². The summed E-state index contributed by atoms with van der Waals surface area (Å²) >= 11 is 0. The van der Waals surface area contributed by atoms with Gasteiger partial charge in [-0.2, -0.15) is 0 Å². The highest BCUT2D eigenvalue weighted by Gasteiger charge is 1.81. The van der Waals surface area contributed by atoms with E-state index >= 15 is 0 Å². The van der Waals surface area contributed by atoms with E-state index in [1.165, 1.54) is 19.3 Å². The van der Waals surface area contributed by atoms with Crippen LogP contribution in [0.15, 0.2) is 30.4 Å². The molecule has 1 aliphatic carbocycles.